The molecule has 0 aliphatic rings. The van der Waals surface area contributed by atoms with Gasteiger partial charge in [0.15, 0.2) is 11.6 Å². The molecule has 0 spiro atoms. The highest BCUT2D eigenvalue weighted by Crippen LogP contribution is 2.23. The summed E-state index contributed by atoms with van der Waals surface area (Å²) in [5, 5.41) is 0. The summed E-state index contributed by atoms with van der Waals surface area (Å²) in [4.78, 5) is 30.8. The highest BCUT2D eigenvalue weighted by molar-refractivity contribution is 5.98. The first-order valence-electron chi connectivity index (χ1n) is 14.1. The van der Waals surface area contributed by atoms with E-state index in [1.807, 2.05) is 76.7 Å². The number of carbonyl (C=O) groups excluding carboxylic acids is 2. The molecule has 0 amide bonds. The van der Waals surface area contributed by atoms with Crippen LogP contribution in [0.25, 0.3) is 0 Å². The van der Waals surface area contributed by atoms with Gasteiger partial charge in [0, 0.05) is 36.1 Å². The predicted molar refractivity (Wildman–Crippen MR) is 170 cm³/mol. The van der Waals surface area contributed by atoms with Crippen molar-refractivity contribution >= 4 is 36.4 Å². The molecule has 0 bridgehead atoms. The average Bonchev–Trinajstić information content (AvgIpc) is 2.91. The van der Waals surface area contributed by atoms with Crippen molar-refractivity contribution in [2.24, 2.45) is 11.8 Å². The van der Waals surface area contributed by atoms with Crippen LogP contribution in [0, 0.1) is 11.8 Å². The third-order valence-electron chi connectivity index (χ3n) is 6.49. The molecule has 2 rings (SSSR count). The molecule has 0 fully saturated rings. The van der Waals surface area contributed by atoms with E-state index >= 15 is 0 Å². The molecule has 2 unspecified atom stereocenters. The second-order valence-corrected chi connectivity index (χ2v) is 10.7. The lowest BCUT2D eigenvalue weighted by Crippen LogP contribution is -2.29. The van der Waals surface area contributed by atoms with E-state index in [4.69, 9.17) is 9.47 Å². The number of ketones is 2. The maximum absolute atomic E-state index is 13.3. The molecule has 2 aromatic carbocycles. The summed E-state index contributed by atoms with van der Waals surface area (Å²) in [6.07, 6.45) is 5.32. The largest absolute Gasteiger partial charge is 0.494 e. The van der Waals surface area contributed by atoms with Crippen LogP contribution in [0.4, 0.5) is 0 Å². The van der Waals surface area contributed by atoms with Crippen molar-refractivity contribution in [3.05, 3.63) is 59.7 Å². The number of hydrogen-bond donors (Lipinski definition) is 0. The number of rotatable bonds is 19. The Kier molecular flexibility index (Phi) is 19.6. The van der Waals surface area contributed by atoms with Gasteiger partial charge in [0.05, 0.1) is 13.2 Å². The first-order chi connectivity index (χ1) is 18.2. The zero-order chi connectivity index (χ0) is 27.9. The quantitative estimate of drug-likeness (QED) is 0.127. The molecule has 0 saturated carbocycles. The fourth-order valence-corrected chi connectivity index (χ4v) is 4.62. The molecule has 8 heteroatoms. The summed E-state index contributed by atoms with van der Waals surface area (Å²) in [6, 6.07) is 15.0. The number of halogens is 2. The zero-order valence-electron chi connectivity index (χ0n) is 25.2. The minimum Gasteiger partial charge on any atom is -0.494 e. The number of ether oxygens (including phenoxy) is 2. The average molecular weight is 598 g/mol. The minimum absolute atomic E-state index is 0. The van der Waals surface area contributed by atoms with Gasteiger partial charge in [-0.3, -0.25) is 9.59 Å². The van der Waals surface area contributed by atoms with Gasteiger partial charge in [-0.25, -0.2) is 0 Å². The van der Waals surface area contributed by atoms with Crippen LogP contribution in [-0.4, -0.2) is 75.9 Å². The molecule has 0 heterocycles. The molecule has 0 aliphatic carbocycles. The summed E-state index contributed by atoms with van der Waals surface area (Å²) in [5.41, 5.74) is 1.46. The summed E-state index contributed by atoms with van der Waals surface area (Å²) >= 11 is 0. The van der Waals surface area contributed by atoms with Gasteiger partial charge in [0.2, 0.25) is 0 Å². The van der Waals surface area contributed by atoms with Crippen molar-refractivity contribution in [1.82, 2.24) is 9.80 Å². The van der Waals surface area contributed by atoms with Crippen molar-refractivity contribution in [2.45, 2.75) is 52.4 Å². The Balaban J connectivity index is 0.00000760. The fraction of sp³-hybridized carbons (Fsp3) is 0.562. The molecule has 6 nitrogen and oxygen atoms in total. The molecule has 0 radical (unpaired) electrons. The lowest BCUT2D eigenvalue weighted by Gasteiger charge is -2.22. The molecular weight excluding hydrogens is 547 g/mol. The molecule has 0 N–H and O–H groups in total. The van der Waals surface area contributed by atoms with Gasteiger partial charge in [-0.15, -0.1) is 24.8 Å². The topological polar surface area (TPSA) is 59.1 Å². The van der Waals surface area contributed by atoms with Crippen molar-refractivity contribution in [1.29, 1.82) is 0 Å². The van der Waals surface area contributed by atoms with E-state index < -0.39 is 0 Å². The van der Waals surface area contributed by atoms with Gasteiger partial charge in [0.25, 0.3) is 0 Å². The predicted octanol–water partition coefficient (Wildman–Crippen LogP) is 7.09. The molecule has 0 saturated heterocycles. The van der Waals surface area contributed by atoms with E-state index in [-0.39, 0.29) is 48.2 Å². The Bertz CT molecular complexity index is 886. The van der Waals surface area contributed by atoms with Crippen LogP contribution in [-0.2, 0) is 0 Å². The van der Waals surface area contributed by atoms with E-state index in [9.17, 15) is 9.59 Å². The van der Waals surface area contributed by atoms with Gasteiger partial charge in [-0.05, 0) is 102 Å². The Morgan fingerprint density at radius 1 is 0.625 bits per heavy atom. The van der Waals surface area contributed by atoms with Gasteiger partial charge in [-0.1, -0.05) is 26.7 Å². The number of unbranched alkanes of at least 4 members (excludes halogenated alkanes) is 1. The summed E-state index contributed by atoms with van der Waals surface area (Å²) in [7, 11) is 8.03. The van der Waals surface area contributed by atoms with Crippen molar-refractivity contribution in [2.75, 3.05) is 54.5 Å². The van der Waals surface area contributed by atoms with E-state index in [1.165, 1.54) is 0 Å². The Morgan fingerprint density at radius 2 is 0.950 bits per heavy atom. The molecular formula is C32H50Cl2N2O4. The lowest BCUT2D eigenvalue weighted by atomic mass is 9.88. The first kappa shape index (κ1) is 37.9. The Morgan fingerprint density at radius 3 is 1.23 bits per heavy atom. The molecule has 2 atom stereocenters. The third kappa shape index (κ3) is 13.5. The van der Waals surface area contributed by atoms with Crippen molar-refractivity contribution in [3.8, 4) is 11.5 Å². The van der Waals surface area contributed by atoms with Crippen LogP contribution in [0.1, 0.15) is 73.1 Å². The highest BCUT2D eigenvalue weighted by atomic mass is 35.5. The van der Waals surface area contributed by atoms with Crippen LogP contribution in [0.3, 0.4) is 0 Å². The van der Waals surface area contributed by atoms with E-state index in [0.717, 1.165) is 61.2 Å². The second-order valence-electron chi connectivity index (χ2n) is 10.7. The van der Waals surface area contributed by atoms with Crippen LogP contribution in [0.2, 0.25) is 0 Å². The van der Waals surface area contributed by atoms with E-state index in [2.05, 4.69) is 23.6 Å². The maximum atomic E-state index is 13.3. The van der Waals surface area contributed by atoms with E-state index in [0.29, 0.717) is 26.3 Å². The van der Waals surface area contributed by atoms with Crippen LogP contribution < -0.4 is 9.47 Å². The summed E-state index contributed by atoms with van der Waals surface area (Å²) < 4.78 is 11.3. The normalized spacial score (nSPS) is 12.3. The standard InChI is InChI=1S/C32H48N2O4.2ClH/c1-7-21-37-29-17-13-25(14-18-29)31(35)27(23-33(3)4)11-9-10-12-28(24-34(5)6)32(36)26-15-19-30(20-16-26)38-22-8-2;;/h13-20,27-28H,7-12,21-24H2,1-6H3;2*1H. The summed E-state index contributed by atoms with van der Waals surface area (Å²) in [5.74, 6) is 1.79. The van der Waals surface area contributed by atoms with Gasteiger partial charge >= 0.3 is 0 Å². The van der Waals surface area contributed by atoms with Gasteiger partial charge < -0.3 is 19.3 Å². The van der Waals surface area contributed by atoms with Gasteiger partial charge in [-0.2, -0.15) is 0 Å². The molecule has 40 heavy (non-hydrogen) atoms. The van der Waals surface area contributed by atoms with Crippen molar-refractivity contribution < 1.29 is 19.1 Å². The molecule has 0 aliphatic heterocycles. The molecule has 2 aromatic rings. The number of Topliss-reactive ketones (excluding diaryl/α,β-unsaturated/α-hetero) is 2. The second kappa shape index (κ2) is 20.7. The SMILES string of the molecule is CCCOc1ccc(C(=O)C(CCCCC(CN(C)C)C(=O)c2ccc(OCCC)cc2)CN(C)C)cc1.Cl.Cl. The smallest absolute Gasteiger partial charge is 0.167 e. The van der Waals surface area contributed by atoms with Crippen molar-refractivity contribution in [3.63, 3.8) is 0 Å². The van der Waals surface area contributed by atoms with Crippen LogP contribution in [0.15, 0.2) is 48.5 Å². The van der Waals surface area contributed by atoms with Crippen LogP contribution >= 0.6 is 24.8 Å². The third-order valence-corrected chi connectivity index (χ3v) is 6.49. The Labute approximate surface area is 254 Å². The molecule has 0 aromatic heterocycles. The fourth-order valence-electron chi connectivity index (χ4n) is 4.62. The minimum atomic E-state index is -0.0777. The van der Waals surface area contributed by atoms with Crippen LogP contribution in [0.5, 0.6) is 11.5 Å². The highest BCUT2D eigenvalue weighted by Gasteiger charge is 2.23. The number of hydrogen-bond acceptors (Lipinski definition) is 6. The molecule has 226 valence electrons. The van der Waals surface area contributed by atoms with Gasteiger partial charge in [0.1, 0.15) is 11.5 Å². The maximum Gasteiger partial charge on any atom is 0.167 e. The monoisotopic (exact) mass is 596 g/mol. The zero-order valence-corrected chi connectivity index (χ0v) is 26.8. The number of benzene rings is 2. The number of nitrogens with zero attached hydrogens (tertiary/aromatic N) is 2. The number of carbonyl (C=O) groups is 2. The first-order valence-corrected chi connectivity index (χ1v) is 14.1. The Hall–Kier alpha value is -2.12. The summed E-state index contributed by atoms with van der Waals surface area (Å²) in [6.45, 7) is 6.91. The van der Waals surface area contributed by atoms with E-state index in [1.54, 1.807) is 0 Å². The lowest BCUT2D eigenvalue weighted by molar-refractivity contribution is 0.0867.